The molecule has 0 aliphatic heterocycles. The maximum Gasteiger partial charge on any atom is 0.138 e. The van der Waals surface area contributed by atoms with Gasteiger partial charge >= 0.3 is 0 Å². The van der Waals surface area contributed by atoms with E-state index in [-0.39, 0.29) is 0 Å². The smallest absolute Gasteiger partial charge is 0.138 e. The van der Waals surface area contributed by atoms with Crippen LogP contribution in [0.2, 0.25) is 0 Å². The molecule has 0 unspecified atom stereocenters. The van der Waals surface area contributed by atoms with Crippen LogP contribution in [-0.2, 0) is 5.60 Å². The highest BCUT2D eigenvalue weighted by Gasteiger charge is 2.30. The number of rotatable bonds is 4. The van der Waals surface area contributed by atoms with E-state index in [2.05, 4.69) is 25.9 Å². The van der Waals surface area contributed by atoms with Crippen molar-refractivity contribution >= 4 is 0 Å². The van der Waals surface area contributed by atoms with Gasteiger partial charge in [0, 0.05) is 6.42 Å². The van der Waals surface area contributed by atoms with Crippen LogP contribution in [0.4, 0.5) is 0 Å². The molecular formula is C19H22NO+. The average molecular weight is 280 g/mol. The van der Waals surface area contributed by atoms with E-state index in [9.17, 15) is 5.11 Å². The van der Waals surface area contributed by atoms with Crippen LogP contribution in [0, 0.1) is 11.8 Å². The Balaban J connectivity index is 2.33. The van der Waals surface area contributed by atoms with Crippen LogP contribution >= 0.6 is 0 Å². The van der Waals surface area contributed by atoms with Gasteiger partial charge in [-0.2, -0.15) is 0 Å². The predicted molar refractivity (Wildman–Crippen MR) is 86.0 cm³/mol. The highest BCUT2D eigenvalue weighted by molar-refractivity contribution is 5.37. The minimum atomic E-state index is -1.06. The van der Waals surface area contributed by atoms with Crippen molar-refractivity contribution in [3.05, 3.63) is 71.8 Å². The van der Waals surface area contributed by atoms with Gasteiger partial charge < -0.3 is 10.0 Å². The van der Waals surface area contributed by atoms with Crippen LogP contribution in [0.1, 0.15) is 17.5 Å². The molecule has 2 aromatic rings. The molecule has 21 heavy (non-hydrogen) atoms. The summed E-state index contributed by atoms with van der Waals surface area (Å²) < 4.78 is 0. The third-order valence-electron chi connectivity index (χ3n) is 3.41. The van der Waals surface area contributed by atoms with E-state index < -0.39 is 5.60 Å². The Bertz CT molecular complexity index is 569. The van der Waals surface area contributed by atoms with Gasteiger partial charge in [0.2, 0.25) is 0 Å². The molecule has 0 heterocycles. The van der Waals surface area contributed by atoms with Crippen LogP contribution in [0.25, 0.3) is 0 Å². The Hall–Kier alpha value is -2.08. The molecule has 2 N–H and O–H groups in total. The molecule has 0 fully saturated rings. The fourth-order valence-corrected chi connectivity index (χ4v) is 2.23. The lowest BCUT2D eigenvalue weighted by molar-refractivity contribution is -0.850. The molecule has 0 aliphatic rings. The van der Waals surface area contributed by atoms with E-state index in [1.807, 2.05) is 60.7 Å². The first-order valence-corrected chi connectivity index (χ1v) is 7.21. The minimum absolute atomic E-state index is 0.397. The number of hydrogen-bond donors (Lipinski definition) is 2. The van der Waals surface area contributed by atoms with E-state index in [1.54, 1.807) is 0 Å². The fraction of sp³-hybridized carbons (Fsp3) is 0.263. The van der Waals surface area contributed by atoms with Crippen LogP contribution in [-0.4, -0.2) is 25.7 Å². The van der Waals surface area contributed by atoms with Crippen molar-refractivity contribution in [2.45, 2.75) is 12.0 Å². The summed E-state index contributed by atoms with van der Waals surface area (Å²) in [5.74, 6) is 6.27. The third-order valence-corrected chi connectivity index (χ3v) is 3.41. The SMILES string of the molecule is C[NH+](C)CC#CCC(O)(c1ccccc1)c1ccccc1. The van der Waals surface area contributed by atoms with Crippen LogP contribution in [0.15, 0.2) is 60.7 Å². The lowest BCUT2D eigenvalue weighted by Crippen LogP contribution is -3.05. The van der Waals surface area contributed by atoms with E-state index in [0.717, 1.165) is 17.7 Å². The topological polar surface area (TPSA) is 24.7 Å². The molecule has 0 amide bonds. The van der Waals surface area contributed by atoms with Crippen LogP contribution in [0.3, 0.4) is 0 Å². The van der Waals surface area contributed by atoms with Gasteiger partial charge in [-0.1, -0.05) is 66.6 Å². The summed E-state index contributed by atoms with van der Waals surface area (Å²) in [6.45, 7) is 0.777. The molecule has 0 saturated carbocycles. The molecule has 108 valence electrons. The zero-order chi connectivity index (χ0) is 15.1. The second kappa shape index (κ2) is 7.08. The van der Waals surface area contributed by atoms with Gasteiger partial charge in [-0.05, 0) is 17.0 Å². The molecule has 0 spiro atoms. The summed E-state index contributed by atoms with van der Waals surface area (Å²) in [4.78, 5) is 1.28. The second-order valence-corrected chi connectivity index (χ2v) is 5.51. The molecule has 0 atom stereocenters. The minimum Gasteiger partial charge on any atom is -0.379 e. The molecule has 0 aliphatic carbocycles. The first-order chi connectivity index (χ1) is 10.1. The van der Waals surface area contributed by atoms with Crippen molar-refractivity contribution in [1.82, 2.24) is 0 Å². The van der Waals surface area contributed by atoms with E-state index in [1.165, 1.54) is 4.90 Å². The highest BCUT2D eigenvalue weighted by atomic mass is 16.3. The van der Waals surface area contributed by atoms with Crippen molar-refractivity contribution in [3.63, 3.8) is 0 Å². The average Bonchev–Trinajstić information content (AvgIpc) is 2.53. The lowest BCUT2D eigenvalue weighted by atomic mass is 9.84. The van der Waals surface area contributed by atoms with Gasteiger partial charge in [0.1, 0.15) is 12.1 Å². The summed E-state index contributed by atoms with van der Waals surface area (Å²) in [6, 6.07) is 19.5. The number of nitrogens with one attached hydrogen (secondary N) is 1. The summed E-state index contributed by atoms with van der Waals surface area (Å²) in [7, 11) is 4.13. The van der Waals surface area contributed by atoms with Gasteiger partial charge in [0.25, 0.3) is 0 Å². The van der Waals surface area contributed by atoms with Crippen molar-refractivity contribution in [2.24, 2.45) is 0 Å². The molecule has 2 aromatic carbocycles. The van der Waals surface area contributed by atoms with Crippen molar-refractivity contribution in [2.75, 3.05) is 20.6 Å². The Kier molecular flexibility index (Phi) is 5.16. The summed E-state index contributed by atoms with van der Waals surface area (Å²) in [6.07, 6.45) is 0.397. The predicted octanol–water partition coefficient (Wildman–Crippen LogP) is 1.46. The van der Waals surface area contributed by atoms with Gasteiger partial charge in [-0.25, -0.2) is 0 Å². The largest absolute Gasteiger partial charge is 0.379 e. The summed E-state index contributed by atoms with van der Waals surface area (Å²) >= 11 is 0. The normalized spacial score (nSPS) is 11.0. The van der Waals surface area contributed by atoms with E-state index >= 15 is 0 Å². The van der Waals surface area contributed by atoms with Gasteiger partial charge in [-0.3, -0.25) is 0 Å². The number of hydrogen-bond acceptors (Lipinski definition) is 1. The van der Waals surface area contributed by atoms with Gasteiger partial charge in [0.15, 0.2) is 0 Å². The number of aliphatic hydroxyl groups is 1. The van der Waals surface area contributed by atoms with E-state index in [0.29, 0.717) is 6.42 Å². The lowest BCUT2D eigenvalue weighted by Gasteiger charge is -2.27. The number of benzene rings is 2. The Morgan fingerprint density at radius 1 is 0.857 bits per heavy atom. The fourth-order valence-electron chi connectivity index (χ4n) is 2.23. The van der Waals surface area contributed by atoms with Crippen LogP contribution in [0.5, 0.6) is 0 Å². The van der Waals surface area contributed by atoms with E-state index in [4.69, 9.17) is 0 Å². The molecule has 2 nitrogen and oxygen atoms in total. The summed E-state index contributed by atoms with van der Waals surface area (Å²) in [5.41, 5.74) is 0.697. The monoisotopic (exact) mass is 280 g/mol. The maximum atomic E-state index is 11.2. The molecule has 2 heteroatoms. The first kappa shape index (κ1) is 15.3. The Morgan fingerprint density at radius 3 is 1.76 bits per heavy atom. The van der Waals surface area contributed by atoms with Gasteiger partial charge in [0.05, 0.1) is 14.1 Å². The van der Waals surface area contributed by atoms with Crippen molar-refractivity contribution in [1.29, 1.82) is 0 Å². The number of quaternary nitrogens is 1. The molecule has 0 bridgehead atoms. The maximum absolute atomic E-state index is 11.2. The zero-order valence-electron chi connectivity index (χ0n) is 12.6. The zero-order valence-corrected chi connectivity index (χ0v) is 12.6. The Labute approximate surface area is 127 Å². The standard InChI is InChI=1S/C19H21NO/c1-20(2)16-10-9-15-19(21,17-11-5-3-6-12-17)18-13-7-4-8-14-18/h3-8,11-14,21H,15-16H2,1-2H3/p+1. The molecule has 2 rings (SSSR count). The quantitative estimate of drug-likeness (QED) is 0.814. The molecular weight excluding hydrogens is 258 g/mol. The Morgan fingerprint density at radius 2 is 1.33 bits per heavy atom. The highest BCUT2D eigenvalue weighted by Crippen LogP contribution is 2.32. The van der Waals surface area contributed by atoms with Crippen molar-refractivity contribution < 1.29 is 10.0 Å². The van der Waals surface area contributed by atoms with Crippen LogP contribution < -0.4 is 4.90 Å². The molecule has 0 radical (unpaired) electrons. The summed E-state index contributed by atoms with van der Waals surface area (Å²) in [5, 5.41) is 11.2. The molecule has 0 saturated heterocycles. The van der Waals surface area contributed by atoms with Gasteiger partial charge in [-0.15, -0.1) is 0 Å². The van der Waals surface area contributed by atoms with Crippen molar-refractivity contribution in [3.8, 4) is 11.8 Å². The molecule has 0 aromatic heterocycles. The first-order valence-electron chi connectivity index (χ1n) is 7.21. The second-order valence-electron chi connectivity index (χ2n) is 5.51. The third kappa shape index (κ3) is 3.95.